The van der Waals surface area contributed by atoms with Crippen LogP contribution in [-0.2, 0) is 15.9 Å². The fourth-order valence-corrected chi connectivity index (χ4v) is 6.66. The minimum absolute atomic E-state index is 0.0374. The molecule has 7 heteroatoms. The molecule has 2 aliphatic heterocycles. The van der Waals surface area contributed by atoms with Crippen LogP contribution in [0.2, 0.25) is 0 Å². The number of nitrogens with zero attached hydrogens (tertiary/aromatic N) is 3. The van der Waals surface area contributed by atoms with Gasteiger partial charge in [-0.25, -0.2) is 9.97 Å². The van der Waals surface area contributed by atoms with E-state index in [0.29, 0.717) is 23.9 Å². The molecule has 1 aliphatic carbocycles. The molecule has 0 unspecified atom stereocenters. The van der Waals surface area contributed by atoms with E-state index in [0.717, 1.165) is 69.3 Å². The Hall–Kier alpha value is -2.35. The Bertz CT molecular complexity index is 1080. The molecule has 3 fully saturated rings. The van der Waals surface area contributed by atoms with Crippen molar-refractivity contribution < 1.29 is 14.3 Å². The van der Waals surface area contributed by atoms with E-state index in [9.17, 15) is 4.79 Å². The molecule has 5 rings (SSSR count). The third-order valence-corrected chi connectivity index (χ3v) is 9.13. The van der Waals surface area contributed by atoms with Gasteiger partial charge < -0.3 is 19.7 Å². The summed E-state index contributed by atoms with van der Waals surface area (Å²) in [6.07, 6.45) is 14.1. The van der Waals surface area contributed by atoms with Gasteiger partial charge in [0.2, 0.25) is 0 Å². The lowest BCUT2D eigenvalue weighted by molar-refractivity contribution is -0.0547. The first-order chi connectivity index (χ1) is 19.0. The first kappa shape index (κ1) is 28.2. The van der Waals surface area contributed by atoms with E-state index in [1.54, 1.807) is 6.33 Å². The molecule has 7 nitrogen and oxygen atoms in total. The van der Waals surface area contributed by atoms with Gasteiger partial charge in [-0.2, -0.15) is 0 Å². The van der Waals surface area contributed by atoms with Gasteiger partial charge in [0, 0.05) is 43.5 Å². The van der Waals surface area contributed by atoms with Crippen molar-refractivity contribution in [2.45, 2.75) is 115 Å². The fourth-order valence-electron chi connectivity index (χ4n) is 6.66. The van der Waals surface area contributed by atoms with Crippen molar-refractivity contribution in [1.29, 1.82) is 0 Å². The van der Waals surface area contributed by atoms with Gasteiger partial charge in [-0.05, 0) is 77.2 Å². The molecule has 39 heavy (non-hydrogen) atoms. The first-order valence-electron chi connectivity index (χ1n) is 15.1. The molecule has 0 bridgehead atoms. The minimum Gasteiger partial charge on any atom is -0.380 e. The van der Waals surface area contributed by atoms with Crippen LogP contribution in [0.15, 0.2) is 30.6 Å². The Labute approximate surface area is 234 Å². The van der Waals surface area contributed by atoms with E-state index >= 15 is 0 Å². The molecular formula is C32H46N4O3. The highest BCUT2D eigenvalue weighted by Gasteiger charge is 2.31. The third kappa shape index (κ3) is 7.05. The second kappa shape index (κ2) is 13.3. The Balaban J connectivity index is 1.13. The SMILES string of the molecule is CO[C@H]1CCCC[C@H]1NC1CCN(C(=O)c2ncnc(CC[C@H]3CCC[C@@H](c4ccc(C)cc4)O3)c2C)CC1. The summed E-state index contributed by atoms with van der Waals surface area (Å²) in [6, 6.07) is 9.59. The van der Waals surface area contributed by atoms with Gasteiger partial charge in [-0.3, -0.25) is 4.79 Å². The van der Waals surface area contributed by atoms with Gasteiger partial charge >= 0.3 is 0 Å². The molecule has 1 aromatic carbocycles. The van der Waals surface area contributed by atoms with Gasteiger partial charge in [0.15, 0.2) is 0 Å². The molecule has 0 radical (unpaired) electrons. The maximum atomic E-state index is 13.5. The molecule has 2 saturated heterocycles. The smallest absolute Gasteiger partial charge is 0.272 e. The molecule has 0 spiro atoms. The number of piperidine rings is 1. The van der Waals surface area contributed by atoms with Crippen LogP contribution in [0, 0.1) is 13.8 Å². The molecule has 4 atom stereocenters. The van der Waals surface area contributed by atoms with Crippen LogP contribution < -0.4 is 5.32 Å². The second-order valence-corrected chi connectivity index (χ2v) is 11.8. The van der Waals surface area contributed by atoms with Crippen LogP contribution >= 0.6 is 0 Å². The summed E-state index contributed by atoms with van der Waals surface area (Å²) >= 11 is 0. The summed E-state index contributed by atoms with van der Waals surface area (Å²) in [6.45, 7) is 5.64. The number of ether oxygens (including phenoxy) is 2. The number of nitrogens with one attached hydrogen (secondary N) is 1. The van der Waals surface area contributed by atoms with Gasteiger partial charge in [0.05, 0.1) is 18.3 Å². The Morgan fingerprint density at radius 2 is 1.77 bits per heavy atom. The van der Waals surface area contributed by atoms with E-state index in [2.05, 4.69) is 46.5 Å². The highest BCUT2D eigenvalue weighted by Crippen LogP contribution is 2.33. The van der Waals surface area contributed by atoms with E-state index in [4.69, 9.17) is 9.47 Å². The zero-order valence-electron chi connectivity index (χ0n) is 24.0. The van der Waals surface area contributed by atoms with Gasteiger partial charge in [-0.1, -0.05) is 42.7 Å². The van der Waals surface area contributed by atoms with E-state index < -0.39 is 0 Å². The second-order valence-electron chi connectivity index (χ2n) is 11.8. The van der Waals surface area contributed by atoms with Crippen molar-refractivity contribution in [3.8, 4) is 0 Å². The number of carbonyl (C=O) groups excluding carboxylic acids is 1. The van der Waals surface area contributed by atoms with Crippen LogP contribution in [-0.4, -0.2) is 65.3 Å². The average molecular weight is 535 g/mol. The lowest BCUT2D eigenvalue weighted by atomic mass is 9.90. The molecule has 1 amide bonds. The summed E-state index contributed by atoms with van der Waals surface area (Å²) in [5.41, 5.74) is 4.98. The van der Waals surface area contributed by atoms with Gasteiger partial charge in [0.25, 0.3) is 5.91 Å². The maximum absolute atomic E-state index is 13.5. The highest BCUT2D eigenvalue weighted by atomic mass is 16.5. The lowest BCUT2D eigenvalue weighted by Gasteiger charge is -2.38. The molecule has 1 saturated carbocycles. The average Bonchev–Trinajstić information content (AvgIpc) is 2.97. The molecule has 3 heterocycles. The molecule has 3 aliphatic rings. The number of amides is 1. The van der Waals surface area contributed by atoms with Crippen molar-refractivity contribution in [1.82, 2.24) is 20.2 Å². The number of hydrogen-bond donors (Lipinski definition) is 1. The van der Waals surface area contributed by atoms with Gasteiger partial charge in [-0.15, -0.1) is 0 Å². The Morgan fingerprint density at radius 3 is 2.54 bits per heavy atom. The summed E-state index contributed by atoms with van der Waals surface area (Å²) < 4.78 is 12.2. The number of aromatic nitrogens is 2. The number of hydrogen-bond acceptors (Lipinski definition) is 6. The van der Waals surface area contributed by atoms with Crippen molar-refractivity contribution in [3.63, 3.8) is 0 Å². The topological polar surface area (TPSA) is 76.6 Å². The molecule has 1 aromatic heterocycles. The highest BCUT2D eigenvalue weighted by molar-refractivity contribution is 5.93. The summed E-state index contributed by atoms with van der Waals surface area (Å²) in [4.78, 5) is 24.4. The number of likely N-dealkylation sites (tertiary alicyclic amines) is 1. The quantitative estimate of drug-likeness (QED) is 0.483. The van der Waals surface area contributed by atoms with E-state index in [1.807, 2.05) is 18.9 Å². The molecular weight excluding hydrogens is 488 g/mol. The summed E-state index contributed by atoms with van der Waals surface area (Å²) in [5, 5.41) is 3.84. The fraction of sp³-hybridized carbons (Fsp3) is 0.656. The Morgan fingerprint density at radius 1 is 1.00 bits per heavy atom. The number of benzene rings is 1. The molecule has 212 valence electrons. The molecule has 2 aromatic rings. The van der Waals surface area contributed by atoms with Crippen molar-refractivity contribution in [2.24, 2.45) is 0 Å². The number of carbonyl (C=O) groups is 1. The van der Waals surface area contributed by atoms with Crippen LogP contribution in [0.3, 0.4) is 0 Å². The maximum Gasteiger partial charge on any atom is 0.272 e. The predicted octanol–water partition coefficient (Wildman–Crippen LogP) is 5.49. The third-order valence-electron chi connectivity index (χ3n) is 9.13. The minimum atomic E-state index is 0.0374. The first-order valence-corrected chi connectivity index (χ1v) is 15.1. The Kier molecular flexibility index (Phi) is 9.64. The van der Waals surface area contributed by atoms with Crippen LogP contribution in [0.25, 0.3) is 0 Å². The largest absolute Gasteiger partial charge is 0.380 e. The number of rotatable bonds is 8. The zero-order chi connectivity index (χ0) is 27.2. The van der Waals surface area contributed by atoms with Crippen molar-refractivity contribution >= 4 is 5.91 Å². The van der Waals surface area contributed by atoms with Gasteiger partial charge in [0.1, 0.15) is 12.0 Å². The normalized spacial score (nSPS) is 26.5. The molecule has 1 N–H and O–H groups in total. The van der Waals surface area contributed by atoms with Crippen molar-refractivity contribution in [3.05, 3.63) is 58.7 Å². The number of methoxy groups -OCH3 is 1. The van der Waals surface area contributed by atoms with E-state index in [-0.39, 0.29) is 18.1 Å². The van der Waals surface area contributed by atoms with Crippen LogP contribution in [0.4, 0.5) is 0 Å². The van der Waals surface area contributed by atoms with Crippen LogP contribution in [0.5, 0.6) is 0 Å². The predicted molar refractivity (Wildman–Crippen MR) is 153 cm³/mol. The monoisotopic (exact) mass is 534 g/mol. The van der Waals surface area contributed by atoms with E-state index in [1.165, 1.54) is 36.8 Å². The zero-order valence-corrected chi connectivity index (χ0v) is 24.0. The number of aryl methyl sites for hydroxylation is 2. The van der Waals surface area contributed by atoms with Crippen molar-refractivity contribution in [2.75, 3.05) is 20.2 Å². The lowest BCUT2D eigenvalue weighted by Crippen LogP contribution is -2.52. The summed E-state index contributed by atoms with van der Waals surface area (Å²) in [7, 11) is 1.83. The summed E-state index contributed by atoms with van der Waals surface area (Å²) in [5.74, 6) is 0.0374. The van der Waals surface area contributed by atoms with Crippen LogP contribution in [0.1, 0.15) is 103 Å². The standard InChI is InChI=1S/C32H46N4O3/c1-22-11-13-24(14-12-22)29-10-6-7-26(39-29)15-16-27-23(2)31(34-21-33-27)32(37)36-19-17-25(18-20-36)35-28-8-4-5-9-30(28)38-3/h11-14,21,25-26,28-30,35H,4-10,15-20H2,1-3H3/t26-,28-,29+,30+/m1/s1.